The quantitative estimate of drug-likeness (QED) is 0.712. The fraction of sp³-hybridized carbons (Fsp3) is 0.222. The molecule has 0 saturated heterocycles. The maximum Gasteiger partial charge on any atom is 0.226 e. The standard InChI is InChI=1S/C18H17ClN2OS/c1-11-9-12(2)17-15(10-11)23-18(21-17)20-16(22)8-5-13-3-6-14(19)7-4-13/h3-4,6-7,9-10H,5,8H2,1-2H3,(H,20,21,22). The lowest BCUT2D eigenvalue weighted by molar-refractivity contribution is -0.116. The first kappa shape index (κ1) is 16.0. The lowest BCUT2D eigenvalue weighted by Gasteiger charge is -2.02. The first-order chi connectivity index (χ1) is 11.0. The Bertz CT molecular complexity index is 855. The monoisotopic (exact) mass is 344 g/mol. The van der Waals surface area contributed by atoms with Crippen LogP contribution in [0.25, 0.3) is 10.2 Å². The molecule has 23 heavy (non-hydrogen) atoms. The van der Waals surface area contributed by atoms with Crippen molar-refractivity contribution in [3.05, 3.63) is 58.1 Å². The van der Waals surface area contributed by atoms with Crippen molar-refractivity contribution in [1.29, 1.82) is 0 Å². The Labute approximate surface area is 144 Å². The minimum absolute atomic E-state index is 0.0200. The van der Waals surface area contributed by atoms with E-state index in [2.05, 4.69) is 29.4 Å². The van der Waals surface area contributed by atoms with Gasteiger partial charge in [0.25, 0.3) is 0 Å². The van der Waals surface area contributed by atoms with Crippen molar-refractivity contribution in [2.24, 2.45) is 0 Å². The molecule has 1 N–H and O–H groups in total. The van der Waals surface area contributed by atoms with Gasteiger partial charge in [0.15, 0.2) is 5.13 Å². The van der Waals surface area contributed by atoms with Crippen LogP contribution in [0.3, 0.4) is 0 Å². The van der Waals surface area contributed by atoms with Crippen molar-refractivity contribution >= 4 is 44.2 Å². The molecule has 3 nitrogen and oxygen atoms in total. The van der Waals surface area contributed by atoms with Crippen molar-refractivity contribution < 1.29 is 4.79 Å². The van der Waals surface area contributed by atoms with E-state index < -0.39 is 0 Å². The van der Waals surface area contributed by atoms with Crippen LogP contribution in [-0.2, 0) is 11.2 Å². The van der Waals surface area contributed by atoms with E-state index >= 15 is 0 Å². The molecule has 3 rings (SSSR count). The zero-order valence-electron chi connectivity index (χ0n) is 13.0. The number of benzene rings is 2. The van der Waals surface area contributed by atoms with E-state index in [1.165, 1.54) is 16.9 Å². The average molecular weight is 345 g/mol. The van der Waals surface area contributed by atoms with Gasteiger partial charge in [-0.25, -0.2) is 4.98 Å². The fourth-order valence-corrected chi connectivity index (χ4v) is 3.70. The third-order valence-electron chi connectivity index (χ3n) is 3.63. The molecule has 0 aliphatic carbocycles. The third-order valence-corrected chi connectivity index (χ3v) is 4.80. The molecule has 1 heterocycles. The number of amides is 1. The number of hydrogen-bond acceptors (Lipinski definition) is 3. The predicted octanol–water partition coefficient (Wildman–Crippen LogP) is 5.14. The summed E-state index contributed by atoms with van der Waals surface area (Å²) in [4.78, 5) is 16.6. The van der Waals surface area contributed by atoms with Crippen LogP contribution >= 0.6 is 22.9 Å². The number of carbonyl (C=O) groups is 1. The smallest absolute Gasteiger partial charge is 0.226 e. The number of carbonyl (C=O) groups excluding carboxylic acids is 1. The van der Waals surface area contributed by atoms with Crippen molar-refractivity contribution in [1.82, 2.24) is 4.98 Å². The molecule has 118 valence electrons. The van der Waals surface area contributed by atoms with Crippen LogP contribution < -0.4 is 5.32 Å². The number of rotatable bonds is 4. The highest BCUT2D eigenvalue weighted by Crippen LogP contribution is 2.29. The van der Waals surface area contributed by atoms with Crippen LogP contribution in [0.4, 0.5) is 5.13 Å². The zero-order chi connectivity index (χ0) is 16.4. The molecule has 0 fully saturated rings. The molecule has 0 radical (unpaired) electrons. The number of hydrogen-bond donors (Lipinski definition) is 1. The molecule has 0 unspecified atom stereocenters. The summed E-state index contributed by atoms with van der Waals surface area (Å²) in [5.41, 5.74) is 4.41. The van der Waals surface area contributed by atoms with Crippen LogP contribution in [-0.4, -0.2) is 10.9 Å². The highest BCUT2D eigenvalue weighted by Gasteiger charge is 2.10. The molecule has 3 aromatic rings. The van der Waals surface area contributed by atoms with Gasteiger partial charge in [-0.15, -0.1) is 0 Å². The highest BCUT2D eigenvalue weighted by molar-refractivity contribution is 7.22. The molecular weight excluding hydrogens is 328 g/mol. The summed E-state index contributed by atoms with van der Waals surface area (Å²) >= 11 is 7.38. The predicted molar refractivity (Wildman–Crippen MR) is 97.5 cm³/mol. The summed E-state index contributed by atoms with van der Waals surface area (Å²) in [6.07, 6.45) is 1.11. The maximum atomic E-state index is 12.1. The first-order valence-electron chi connectivity index (χ1n) is 7.43. The highest BCUT2D eigenvalue weighted by atomic mass is 35.5. The van der Waals surface area contributed by atoms with E-state index in [0.717, 1.165) is 21.3 Å². The lowest BCUT2D eigenvalue weighted by Crippen LogP contribution is -2.12. The number of nitrogens with zero attached hydrogens (tertiary/aromatic N) is 1. The number of nitrogens with one attached hydrogen (secondary N) is 1. The normalized spacial score (nSPS) is 10.9. The third kappa shape index (κ3) is 3.89. The minimum atomic E-state index is -0.0200. The van der Waals surface area contributed by atoms with Crippen LogP contribution in [0.15, 0.2) is 36.4 Å². The molecule has 0 bridgehead atoms. The molecule has 0 atom stereocenters. The Morgan fingerprint density at radius 1 is 1.22 bits per heavy atom. The van der Waals surface area contributed by atoms with Crippen molar-refractivity contribution in [3.63, 3.8) is 0 Å². The van der Waals surface area contributed by atoms with Crippen molar-refractivity contribution in [3.8, 4) is 0 Å². The molecule has 5 heteroatoms. The number of fused-ring (bicyclic) bond motifs is 1. The van der Waals surface area contributed by atoms with E-state index in [9.17, 15) is 4.79 Å². The summed E-state index contributed by atoms with van der Waals surface area (Å²) < 4.78 is 1.11. The second kappa shape index (κ2) is 6.69. The number of halogens is 1. The summed E-state index contributed by atoms with van der Waals surface area (Å²) in [5, 5.41) is 4.27. The van der Waals surface area contributed by atoms with Crippen molar-refractivity contribution in [2.75, 3.05) is 5.32 Å². The first-order valence-corrected chi connectivity index (χ1v) is 8.63. The number of thiazole rings is 1. The number of anilines is 1. The van der Waals surface area contributed by atoms with Gasteiger partial charge in [-0.2, -0.15) is 0 Å². The molecule has 2 aromatic carbocycles. The van der Waals surface area contributed by atoms with E-state index in [4.69, 9.17) is 11.6 Å². The summed E-state index contributed by atoms with van der Waals surface area (Å²) in [7, 11) is 0. The Morgan fingerprint density at radius 2 is 1.96 bits per heavy atom. The molecule has 0 aliphatic heterocycles. The second-order valence-electron chi connectivity index (χ2n) is 5.62. The van der Waals surface area contributed by atoms with E-state index in [1.54, 1.807) is 0 Å². The van der Waals surface area contributed by atoms with Gasteiger partial charge < -0.3 is 5.32 Å². The Balaban J connectivity index is 1.65. The van der Waals surface area contributed by atoms with Crippen LogP contribution in [0.2, 0.25) is 5.02 Å². The van der Waals surface area contributed by atoms with Crippen LogP contribution in [0.1, 0.15) is 23.1 Å². The Hall–Kier alpha value is -1.91. The second-order valence-corrected chi connectivity index (χ2v) is 7.09. The van der Waals surface area contributed by atoms with Crippen LogP contribution in [0, 0.1) is 13.8 Å². The number of aryl methyl sites for hydroxylation is 3. The number of aromatic nitrogens is 1. The molecule has 0 aliphatic rings. The van der Waals surface area contributed by atoms with Crippen LogP contribution in [0.5, 0.6) is 0 Å². The lowest BCUT2D eigenvalue weighted by atomic mass is 10.1. The zero-order valence-corrected chi connectivity index (χ0v) is 14.6. The molecule has 1 amide bonds. The van der Waals surface area contributed by atoms with Crippen molar-refractivity contribution in [2.45, 2.75) is 26.7 Å². The topological polar surface area (TPSA) is 42.0 Å². The maximum absolute atomic E-state index is 12.1. The van der Waals surface area contributed by atoms with E-state index in [-0.39, 0.29) is 5.91 Å². The Morgan fingerprint density at radius 3 is 2.70 bits per heavy atom. The largest absolute Gasteiger partial charge is 0.302 e. The Kier molecular flexibility index (Phi) is 4.64. The van der Waals surface area contributed by atoms with Gasteiger partial charge >= 0.3 is 0 Å². The summed E-state index contributed by atoms with van der Waals surface area (Å²) in [6, 6.07) is 11.8. The molecule has 0 saturated carbocycles. The SMILES string of the molecule is Cc1cc(C)c2nc(NC(=O)CCc3ccc(Cl)cc3)sc2c1. The van der Waals surface area contributed by atoms with Gasteiger partial charge in [0.1, 0.15) is 0 Å². The van der Waals surface area contributed by atoms with E-state index in [1.807, 2.05) is 31.2 Å². The van der Waals surface area contributed by atoms with Gasteiger partial charge in [0.05, 0.1) is 10.2 Å². The van der Waals surface area contributed by atoms with Gasteiger partial charge in [-0.1, -0.05) is 41.1 Å². The van der Waals surface area contributed by atoms with Gasteiger partial charge in [0.2, 0.25) is 5.91 Å². The molecule has 0 spiro atoms. The van der Waals surface area contributed by atoms with E-state index in [0.29, 0.717) is 23.0 Å². The average Bonchev–Trinajstić information content (AvgIpc) is 2.89. The minimum Gasteiger partial charge on any atom is -0.302 e. The summed E-state index contributed by atoms with van der Waals surface area (Å²) in [6.45, 7) is 4.11. The molecular formula is C18H17ClN2OS. The summed E-state index contributed by atoms with van der Waals surface area (Å²) in [5.74, 6) is -0.0200. The fourth-order valence-electron chi connectivity index (χ4n) is 2.51. The van der Waals surface area contributed by atoms with Gasteiger partial charge in [0, 0.05) is 11.4 Å². The van der Waals surface area contributed by atoms with Gasteiger partial charge in [-0.3, -0.25) is 4.79 Å². The van der Waals surface area contributed by atoms with Gasteiger partial charge in [-0.05, 0) is 55.2 Å². The molecule has 1 aromatic heterocycles.